The molecule has 3 aromatic heterocycles. The fourth-order valence-electron chi connectivity index (χ4n) is 3.55. The zero-order chi connectivity index (χ0) is 17.4. The van der Waals surface area contributed by atoms with Crippen LogP contribution in [-0.2, 0) is 4.79 Å². The number of hydrogen-bond donors (Lipinski definition) is 0. The van der Waals surface area contributed by atoms with Crippen LogP contribution in [0, 0.1) is 0 Å². The third kappa shape index (κ3) is 2.91. The third-order valence-corrected chi connectivity index (χ3v) is 5.81. The summed E-state index contributed by atoms with van der Waals surface area (Å²) in [7, 11) is 1.69. The minimum atomic E-state index is 0.162. The molecule has 5 nitrogen and oxygen atoms in total. The molecule has 0 radical (unpaired) electrons. The molecule has 4 rings (SSSR count). The van der Waals surface area contributed by atoms with Gasteiger partial charge < -0.3 is 14.0 Å². The quantitative estimate of drug-likeness (QED) is 0.718. The van der Waals surface area contributed by atoms with E-state index in [-0.39, 0.29) is 5.91 Å². The molecule has 0 unspecified atom stereocenters. The minimum Gasteiger partial charge on any atom is -0.497 e. The van der Waals surface area contributed by atoms with Crippen LogP contribution in [0.25, 0.3) is 16.1 Å². The Kier molecular flexibility index (Phi) is 4.21. The van der Waals surface area contributed by atoms with Crippen LogP contribution in [-0.4, -0.2) is 40.4 Å². The minimum absolute atomic E-state index is 0.162. The number of likely N-dealkylation sites (tertiary alicyclic amines) is 1. The Morgan fingerprint density at radius 1 is 1.32 bits per heavy atom. The lowest BCUT2D eigenvalue weighted by Gasteiger charge is -2.30. The number of aromatic nitrogens is 2. The summed E-state index contributed by atoms with van der Waals surface area (Å²) in [6.45, 7) is 3.26. The van der Waals surface area contributed by atoms with E-state index in [1.807, 2.05) is 17.2 Å². The van der Waals surface area contributed by atoms with E-state index in [1.165, 1.54) is 0 Å². The second-order valence-corrected chi connectivity index (χ2v) is 7.35. The van der Waals surface area contributed by atoms with Crippen molar-refractivity contribution in [2.24, 2.45) is 0 Å². The van der Waals surface area contributed by atoms with Crippen LogP contribution < -0.4 is 4.74 Å². The van der Waals surface area contributed by atoms with Gasteiger partial charge in [0.25, 0.3) is 0 Å². The molecular formula is C19H21N3O2S. The smallest absolute Gasteiger partial charge is 0.219 e. The predicted molar refractivity (Wildman–Crippen MR) is 99.3 cm³/mol. The first-order valence-corrected chi connectivity index (χ1v) is 9.40. The van der Waals surface area contributed by atoms with Crippen LogP contribution in [0.15, 0.2) is 35.8 Å². The summed E-state index contributed by atoms with van der Waals surface area (Å²) in [5.41, 5.74) is 2.09. The van der Waals surface area contributed by atoms with Crippen LogP contribution in [0.1, 0.15) is 31.5 Å². The highest BCUT2D eigenvalue weighted by molar-refractivity contribution is 7.13. The predicted octanol–water partition coefficient (Wildman–Crippen LogP) is 3.80. The Labute approximate surface area is 150 Å². The highest BCUT2D eigenvalue weighted by Crippen LogP contribution is 2.35. The number of rotatable bonds is 3. The summed E-state index contributed by atoms with van der Waals surface area (Å²) in [6, 6.07) is 8.18. The van der Waals surface area contributed by atoms with Crippen LogP contribution in [0.5, 0.6) is 5.75 Å². The number of ether oxygens (including phenoxy) is 1. The Morgan fingerprint density at radius 3 is 2.76 bits per heavy atom. The van der Waals surface area contributed by atoms with E-state index in [2.05, 4.69) is 28.0 Å². The van der Waals surface area contributed by atoms with Crippen molar-refractivity contribution in [2.45, 2.75) is 25.7 Å². The van der Waals surface area contributed by atoms with Crippen molar-refractivity contribution in [3.05, 3.63) is 41.7 Å². The van der Waals surface area contributed by atoms with Gasteiger partial charge >= 0.3 is 0 Å². The number of amides is 1. The maximum absolute atomic E-state index is 11.6. The molecule has 1 aliphatic rings. The maximum Gasteiger partial charge on any atom is 0.219 e. The monoisotopic (exact) mass is 355 g/mol. The highest BCUT2D eigenvalue weighted by atomic mass is 32.1. The summed E-state index contributed by atoms with van der Waals surface area (Å²) >= 11 is 1.70. The number of methoxy groups -OCH3 is 1. The van der Waals surface area contributed by atoms with Gasteiger partial charge in [0.2, 0.25) is 5.91 Å². The Balaban J connectivity index is 1.76. The van der Waals surface area contributed by atoms with Gasteiger partial charge in [-0.2, -0.15) is 0 Å². The molecule has 4 heterocycles. The molecule has 0 spiro atoms. The fraction of sp³-hybridized carbons (Fsp3) is 0.368. The van der Waals surface area contributed by atoms with Gasteiger partial charge in [-0.1, -0.05) is 6.07 Å². The summed E-state index contributed by atoms with van der Waals surface area (Å²) in [5, 5.41) is 2.08. The van der Waals surface area contributed by atoms with Crippen molar-refractivity contribution in [1.82, 2.24) is 14.3 Å². The van der Waals surface area contributed by atoms with Gasteiger partial charge in [0.05, 0.1) is 17.5 Å². The van der Waals surface area contributed by atoms with Crippen molar-refractivity contribution in [3.63, 3.8) is 0 Å². The molecule has 1 aliphatic heterocycles. The maximum atomic E-state index is 11.6. The van der Waals surface area contributed by atoms with E-state index >= 15 is 0 Å². The molecule has 0 bridgehead atoms. The Morgan fingerprint density at radius 2 is 2.12 bits per heavy atom. The Hall–Kier alpha value is -2.34. The summed E-state index contributed by atoms with van der Waals surface area (Å²) in [5.74, 6) is 2.45. The van der Waals surface area contributed by atoms with Crippen LogP contribution in [0.2, 0.25) is 0 Å². The fourth-order valence-corrected chi connectivity index (χ4v) is 4.27. The molecule has 130 valence electrons. The van der Waals surface area contributed by atoms with Gasteiger partial charge in [-0.3, -0.25) is 4.79 Å². The van der Waals surface area contributed by atoms with Gasteiger partial charge in [0.1, 0.15) is 17.3 Å². The van der Waals surface area contributed by atoms with E-state index in [9.17, 15) is 4.79 Å². The molecule has 0 saturated carbocycles. The molecule has 0 aliphatic carbocycles. The van der Waals surface area contributed by atoms with Crippen LogP contribution in [0.3, 0.4) is 0 Å². The van der Waals surface area contributed by atoms with Crippen molar-refractivity contribution in [3.8, 4) is 16.3 Å². The van der Waals surface area contributed by atoms with Crippen LogP contribution in [0.4, 0.5) is 0 Å². The van der Waals surface area contributed by atoms with E-state index in [1.54, 1.807) is 25.4 Å². The normalized spacial score (nSPS) is 15.7. The van der Waals surface area contributed by atoms with Gasteiger partial charge in [-0.15, -0.1) is 11.3 Å². The lowest BCUT2D eigenvalue weighted by Crippen LogP contribution is -2.36. The van der Waals surface area contributed by atoms with Crippen molar-refractivity contribution < 1.29 is 9.53 Å². The number of hydrogen-bond acceptors (Lipinski definition) is 4. The molecule has 1 amide bonds. The second kappa shape index (κ2) is 6.52. The number of fused-ring (bicyclic) bond motifs is 1. The van der Waals surface area contributed by atoms with Crippen molar-refractivity contribution in [1.29, 1.82) is 0 Å². The zero-order valence-corrected chi connectivity index (χ0v) is 15.3. The Bertz CT molecular complexity index is 893. The number of piperidine rings is 1. The first-order chi connectivity index (χ1) is 12.2. The number of carbonyl (C=O) groups is 1. The topological polar surface area (TPSA) is 46.8 Å². The molecule has 25 heavy (non-hydrogen) atoms. The molecule has 0 N–H and O–H groups in total. The van der Waals surface area contributed by atoms with Crippen molar-refractivity contribution in [2.75, 3.05) is 20.2 Å². The van der Waals surface area contributed by atoms with Gasteiger partial charge in [-0.25, -0.2) is 4.98 Å². The van der Waals surface area contributed by atoms with E-state index in [0.717, 1.165) is 53.6 Å². The van der Waals surface area contributed by atoms with Crippen molar-refractivity contribution >= 4 is 22.8 Å². The average Bonchev–Trinajstić information content (AvgIpc) is 3.28. The van der Waals surface area contributed by atoms with Gasteiger partial charge in [0, 0.05) is 38.2 Å². The second-order valence-electron chi connectivity index (χ2n) is 6.40. The number of imidazole rings is 1. The molecular weight excluding hydrogens is 334 g/mol. The first kappa shape index (κ1) is 16.1. The van der Waals surface area contributed by atoms with Gasteiger partial charge in [0.15, 0.2) is 0 Å². The van der Waals surface area contributed by atoms with Gasteiger partial charge in [-0.05, 0) is 30.4 Å². The molecule has 6 heteroatoms. The van der Waals surface area contributed by atoms with E-state index in [0.29, 0.717) is 5.92 Å². The average molecular weight is 355 g/mol. The first-order valence-electron chi connectivity index (χ1n) is 8.52. The van der Waals surface area contributed by atoms with Crippen LogP contribution >= 0.6 is 11.3 Å². The lowest BCUT2D eigenvalue weighted by atomic mass is 9.96. The summed E-state index contributed by atoms with van der Waals surface area (Å²) in [4.78, 5) is 19.7. The van der Waals surface area contributed by atoms with E-state index < -0.39 is 0 Å². The molecule has 3 aromatic rings. The standard InChI is InChI=1S/C19H21N3O2S/c1-13(23)21-8-5-14(6-9-21)19-20-18(17-4-3-11-25-17)16-12-15(24-2)7-10-22(16)19/h3-4,7,10-12,14H,5-6,8-9H2,1-2H3. The SMILES string of the molecule is COc1ccn2c(C3CCN(C(C)=O)CC3)nc(-c3cccs3)c2c1. The molecule has 1 fully saturated rings. The highest BCUT2D eigenvalue weighted by Gasteiger charge is 2.26. The molecule has 1 saturated heterocycles. The largest absolute Gasteiger partial charge is 0.497 e. The molecule has 0 atom stereocenters. The molecule has 0 aromatic carbocycles. The van der Waals surface area contributed by atoms with E-state index in [4.69, 9.17) is 9.72 Å². The summed E-state index contributed by atoms with van der Waals surface area (Å²) < 4.78 is 7.59. The zero-order valence-electron chi connectivity index (χ0n) is 14.4. The number of thiophene rings is 1. The third-order valence-electron chi connectivity index (χ3n) is 4.94. The lowest BCUT2D eigenvalue weighted by molar-refractivity contribution is -0.129. The number of carbonyl (C=O) groups excluding carboxylic acids is 1. The number of pyridine rings is 1. The summed E-state index contributed by atoms with van der Waals surface area (Å²) in [6.07, 6.45) is 3.95. The number of nitrogens with zero attached hydrogens (tertiary/aromatic N) is 3.